The van der Waals surface area contributed by atoms with E-state index in [2.05, 4.69) is 20.3 Å². The standard InChI is InChI=1S/C15H11N7O2S/c16-15-17-12(11-2-1-7-25-11)13-14(18-15)21(20-19-13)8-9-3-5-10(6-4-9)22(23)24/h1-7H,8H2,(H2,16,17,18). The summed E-state index contributed by atoms with van der Waals surface area (Å²) >= 11 is 1.53. The third-order valence-corrected chi connectivity index (χ3v) is 4.49. The number of fused-ring (bicyclic) bond motifs is 1. The first-order chi connectivity index (χ1) is 12.1. The van der Waals surface area contributed by atoms with Gasteiger partial charge < -0.3 is 5.73 Å². The quantitative estimate of drug-likeness (QED) is 0.441. The van der Waals surface area contributed by atoms with Gasteiger partial charge in [-0.1, -0.05) is 23.4 Å². The summed E-state index contributed by atoms with van der Waals surface area (Å²) in [5.74, 6) is 0.142. The fourth-order valence-corrected chi connectivity index (χ4v) is 3.18. The summed E-state index contributed by atoms with van der Waals surface area (Å²) in [4.78, 5) is 19.8. The number of nitrogen functional groups attached to an aromatic ring is 1. The van der Waals surface area contributed by atoms with E-state index in [1.54, 1.807) is 16.8 Å². The van der Waals surface area contributed by atoms with E-state index >= 15 is 0 Å². The van der Waals surface area contributed by atoms with Gasteiger partial charge in [-0.2, -0.15) is 4.98 Å². The Labute approximate surface area is 144 Å². The summed E-state index contributed by atoms with van der Waals surface area (Å²) in [6.45, 7) is 0.370. The van der Waals surface area contributed by atoms with Crippen LogP contribution in [0.2, 0.25) is 0 Å². The third kappa shape index (κ3) is 2.78. The Morgan fingerprint density at radius 2 is 2.00 bits per heavy atom. The lowest BCUT2D eigenvalue weighted by Gasteiger charge is -2.04. The second-order valence-electron chi connectivity index (χ2n) is 5.25. The number of non-ortho nitro benzene ring substituents is 1. The molecule has 0 saturated carbocycles. The molecule has 0 saturated heterocycles. The minimum absolute atomic E-state index is 0.0405. The van der Waals surface area contributed by atoms with E-state index in [1.165, 1.54) is 23.5 Å². The lowest BCUT2D eigenvalue weighted by atomic mass is 10.2. The molecule has 0 fully saturated rings. The Balaban J connectivity index is 1.75. The first-order valence-corrected chi connectivity index (χ1v) is 8.14. The normalized spacial score (nSPS) is 11.0. The lowest BCUT2D eigenvalue weighted by molar-refractivity contribution is -0.384. The zero-order valence-corrected chi connectivity index (χ0v) is 13.6. The molecule has 0 unspecified atom stereocenters. The Morgan fingerprint density at radius 3 is 2.68 bits per heavy atom. The number of hydrogen-bond acceptors (Lipinski definition) is 8. The molecule has 10 heteroatoms. The second kappa shape index (κ2) is 5.91. The van der Waals surface area contributed by atoms with Crippen LogP contribution in [0.4, 0.5) is 11.6 Å². The van der Waals surface area contributed by atoms with Gasteiger partial charge in [0, 0.05) is 12.1 Å². The van der Waals surface area contributed by atoms with Gasteiger partial charge >= 0.3 is 0 Å². The fourth-order valence-electron chi connectivity index (χ4n) is 2.46. The zero-order valence-electron chi connectivity index (χ0n) is 12.7. The molecule has 3 heterocycles. The van der Waals surface area contributed by atoms with Gasteiger partial charge in [0.1, 0.15) is 5.69 Å². The Bertz CT molecular complexity index is 1060. The highest BCUT2D eigenvalue weighted by Gasteiger charge is 2.16. The molecule has 0 bridgehead atoms. The molecular weight excluding hydrogens is 342 g/mol. The maximum Gasteiger partial charge on any atom is 0.269 e. The van der Waals surface area contributed by atoms with Crippen molar-refractivity contribution in [3.8, 4) is 10.6 Å². The molecule has 9 nitrogen and oxygen atoms in total. The number of nitrogens with two attached hydrogens (primary N) is 1. The van der Waals surface area contributed by atoms with Crippen molar-refractivity contribution in [2.24, 2.45) is 0 Å². The van der Waals surface area contributed by atoms with Gasteiger partial charge in [0.15, 0.2) is 11.2 Å². The summed E-state index contributed by atoms with van der Waals surface area (Å²) in [7, 11) is 0. The molecule has 0 amide bonds. The van der Waals surface area contributed by atoms with E-state index in [1.807, 2.05) is 17.5 Å². The predicted octanol–water partition coefficient (Wildman–Crippen LogP) is 2.49. The van der Waals surface area contributed by atoms with Crippen LogP contribution in [-0.2, 0) is 6.54 Å². The van der Waals surface area contributed by atoms with Crippen LogP contribution in [0.1, 0.15) is 5.56 Å². The van der Waals surface area contributed by atoms with E-state index in [0.29, 0.717) is 23.4 Å². The van der Waals surface area contributed by atoms with Crippen molar-refractivity contribution in [3.05, 3.63) is 57.5 Å². The second-order valence-corrected chi connectivity index (χ2v) is 6.20. The van der Waals surface area contributed by atoms with Crippen LogP contribution in [0.3, 0.4) is 0 Å². The largest absolute Gasteiger partial charge is 0.368 e. The van der Waals surface area contributed by atoms with Crippen molar-refractivity contribution in [2.45, 2.75) is 6.54 Å². The van der Waals surface area contributed by atoms with Gasteiger partial charge in [-0.25, -0.2) is 9.67 Å². The monoisotopic (exact) mass is 353 g/mol. The summed E-state index contributed by atoms with van der Waals surface area (Å²) in [5, 5.41) is 21.0. The number of rotatable bonds is 4. The molecule has 2 N–H and O–H groups in total. The molecule has 4 aromatic rings. The van der Waals surface area contributed by atoms with E-state index in [-0.39, 0.29) is 11.6 Å². The third-order valence-electron chi connectivity index (χ3n) is 3.61. The number of benzene rings is 1. The molecule has 0 aliphatic heterocycles. The Kier molecular flexibility index (Phi) is 3.58. The molecule has 0 spiro atoms. The van der Waals surface area contributed by atoms with E-state index in [0.717, 1.165) is 10.4 Å². The molecule has 25 heavy (non-hydrogen) atoms. The SMILES string of the molecule is Nc1nc(-c2cccs2)c2nnn(Cc3ccc([N+](=O)[O-])cc3)c2n1. The average Bonchev–Trinajstić information content (AvgIpc) is 3.25. The zero-order chi connectivity index (χ0) is 17.4. The minimum Gasteiger partial charge on any atom is -0.368 e. The fraction of sp³-hybridized carbons (Fsp3) is 0.0667. The number of thiophene rings is 1. The Hall–Kier alpha value is -3.40. The van der Waals surface area contributed by atoms with Gasteiger partial charge in [-0.3, -0.25) is 10.1 Å². The van der Waals surface area contributed by atoms with Crippen LogP contribution in [0.25, 0.3) is 21.7 Å². The highest BCUT2D eigenvalue weighted by Crippen LogP contribution is 2.28. The highest BCUT2D eigenvalue weighted by atomic mass is 32.1. The van der Waals surface area contributed by atoms with Crippen molar-refractivity contribution in [2.75, 3.05) is 5.73 Å². The molecule has 0 radical (unpaired) electrons. The smallest absolute Gasteiger partial charge is 0.269 e. The summed E-state index contributed by atoms with van der Waals surface area (Å²) in [6, 6.07) is 10.1. The molecule has 0 atom stereocenters. The summed E-state index contributed by atoms with van der Waals surface area (Å²) in [6.07, 6.45) is 0. The number of nitrogens with zero attached hydrogens (tertiary/aromatic N) is 6. The molecule has 0 aliphatic carbocycles. The van der Waals surface area contributed by atoms with Crippen molar-refractivity contribution in [1.82, 2.24) is 25.0 Å². The van der Waals surface area contributed by atoms with E-state index in [4.69, 9.17) is 5.73 Å². The molecule has 1 aromatic carbocycles. The van der Waals surface area contributed by atoms with Crippen molar-refractivity contribution >= 4 is 34.1 Å². The highest BCUT2D eigenvalue weighted by molar-refractivity contribution is 7.13. The van der Waals surface area contributed by atoms with Crippen molar-refractivity contribution < 1.29 is 4.92 Å². The van der Waals surface area contributed by atoms with Crippen LogP contribution in [0.15, 0.2) is 41.8 Å². The maximum atomic E-state index is 10.7. The predicted molar refractivity (Wildman–Crippen MR) is 93.0 cm³/mol. The molecular formula is C15H11N7O2S. The van der Waals surface area contributed by atoms with Crippen LogP contribution < -0.4 is 5.73 Å². The van der Waals surface area contributed by atoms with Crippen LogP contribution in [-0.4, -0.2) is 29.9 Å². The molecule has 124 valence electrons. The van der Waals surface area contributed by atoms with Crippen LogP contribution in [0.5, 0.6) is 0 Å². The number of nitro groups is 1. The van der Waals surface area contributed by atoms with Crippen LogP contribution >= 0.6 is 11.3 Å². The lowest BCUT2D eigenvalue weighted by Crippen LogP contribution is -2.05. The first kappa shape index (κ1) is 15.1. The van der Waals surface area contributed by atoms with E-state index in [9.17, 15) is 10.1 Å². The summed E-state index contributed by atoms with van der Waals surface area (Å²) in [5.41, 5.74) is 8.46. The maximum absolute atomic E-state index is 10.7. The molecule has 3 aromatic heterocycles. The van der Waals surface area contributed by atoms with Gasteiger partial charge in [0.25, 0.3) is 5.69 Å². The van der Waals surface area contributed by atoms with Gasteiger partial charge in [0.05, 0.1) is 16.3 Å². The van der Waals surface area contributed by atoms with Crippen molar-refractivity contribution in [1.29, 1.82) is 0 Å². The summed E-state index contributed by atoms with van der Waals surface area (Å²) < 4.78 is 1.60. The van der Waals surface area contributed by atoms with Gasteiger partial charge in [-0.15, -0.1) is 16.4 Å². The minimum atomic E-state index is -0.435. The first-order valence-electron chi connectivity index (χ1n) is 7.26. The number of hydrogen-bond donors (Lipinski definition) is 1. The number of aromatic nitrogens is 5. The van der Waals surface area contributed by atoms with Gasteiger partial charge in [-0.05, 0) is 17.0 Å². The van der Waals surface area contributed by atoms with E-state index < -0.39 is 4.92 Å². The van der Waals surface area contributed by atoms with Crippen molar-refractivity contribution in [3.63, 3.8) is 0 Å². The topological polar surface area (TPSA) is 126 Å². The molecule has 4 rings (SSSR count). The Morgan fingerprint density at radius 1 is 1.20 bits per heavy atom. The van der Waals surface area contributed by atoms with Crippen LogP contribution in [0, 0.1) is 10.1 Å². The number of anilines is 1. The van der Waals surface area contributed by atoms with Gasteiger partial charge in [0.2, 0.25) is 5.95 Å². The average molecular weight is 353 g/mol. The molecule has 0 aliphatic rings. The number of nitro benzene ring substituents is 1.